The number of hydrogen-bond donors (Lipinski definition) is 15. The van der Waals surface area contributed by atoms with Gasteiger partial charge in [-0.2, -0.15) is 13.2 Å². The highest BCUT2D eigenvalue weighted by Gasteiger charge is 2.81. The van der Waals surface area contributed by atoms with Crippen molar-refractivity contribution in [2.45, 2.75) is 262 Å². The molecule has 4 heterocycles. The van der Waals surface area contributed by atoms with Crippen molar-refractivity contribution in [2.75, 3.05) is 23.8 Å². The quantitative estimate of drug-likeness (QED) is 0.0213. The smallest absolute Gasteiger partial charge is 0.475 e. The number of fused-ring (bicyclic) bond motifs is 14. The Morgan fingerprint density at radius 1 is 0.521 bits per heavy atom. The Morgan fingerprint density at radius 3 is 1.27 bits per heavy atom. The summed E-state index contributed by atoms with van der Waals surface area (Å²) >= 11 is 0. The molecule has 0 spiro atoms. The van der Waals surface area contributed by atoms with Crippen LogP contribution in [0, 0.1) is 56.2 Å². The third kappa shape index (κ3) is 19.9. The van der Waals surface area contributed by atoms with Gasteiger partial charge < -0.3 is 92.7 Å². The third-order valence-electron chi connectivity index (χ3n) is 31.5. The number of carboxylic acid groups (broad SMARTS) is 1. The molecule has 32 nitrogen and oxygen atoms in total. The fourth-order valence-corrected chi connectivity index (χ4v) is 24.4. The molecule has 0 radical (unpaired) electrons. The first-order valence-electron chi connectivity index (χ1n) is 47.4. The first kappa shape index (κ1) is 106. The summed E-state index contributed by atoms with van der Waals surface area (Å²) in [5.74, 6) is -10.9. The van der Waals surface area contributed by atoms with Crippen molar-refractivity contribution >= 4 is 82.0 Å². The summed E-state index contributed by atoms with van der Waals surface area (Å²) in [4.78, 5) is 166. The van der Waals surface area contributed by atoms with Crippen LogP contribution in [0.2, 0.25) is 0 Å². The van der Waals surface area contributed by atoms with Gasteiger partial charge in [0.1, 0.15) is 61.4 Å². The lowest BCUT2D eigenvalue weighted by atomic mass is 9.42. The molecular formula is C103H121F7N12O20. The summed E-state index contributed by atoms with van der Waals surface area (Å²) in [5, 5.41) is 70.3. The molecule has 8 fully saturated rings. The molecule has 8 aliphatic carbocycles. The van der Waals surface area contributed by atoms with Crippen LogP contribution in [0.4, 0.5) is 46.9 Å². The number of aromatic nitrogens is 4. The number of ether oxygens (including phenoxy) is 3. The summed E-state index contributed by atoms with van der Waals surface area (Å²) < 4.78 is 118. The predicted octanol–water partition coefficient (Wildman–Crippen LogP) is 9.85. The number of hydrogen-bond acceptors (Lipinski definition) is 22. The molecule has 26 atom stereocenters. The highest BCUT2D eigenvalue weighted by Crippen LogP contribution is 2.78. The van der Waals surface area contributed by atoms with Crippen LogP contribution in [0.5, 0.6) is 0 Å². The number of aromatic amines is 2. The van der Waals surface area contributed by atoms with E-state index in [4.69, 9.17) is 29.8 Å². The van der Waals surface area contributed by atoms with E-state index < -0.39 is 248 Å². The van der Waals surface area contributed by atoms with E-state index in [1.54, 1.807) is 59.0 Å². The molecule has 142 heavy (non-hydrogen) atoms. The number of H-pyrrole nitrogens is 2. The molecule has 2 aromatic heterocycles. The number of aliphatic hydroxyl groups is 4. The zero-order valence-electron chi connectivity index (χ0n) is 80.3. The van der Waals surface area contributed by atoms with E-state index in [2.05, 4.69) is 57.2 Å². The van der Waals surface area contributed by atoms with Gasteiger partial charge in [0.15, 0.2) is 34.5 Å². The number of alkyl halides is 7. The Balaban J connectivity index is 0.000000212. The maximum Gasteiger partial charge on any atom is 0.490 e. The van der Waals surface area contributed by atoms with Crippen LogP contribution in [-0.2, 0) is 92.6 Å². The minimum absolute atomic E-state index is 0.0279. The Labute approximate surface area is 814 Å². The van der Waals surface area contributed by atoms with Gasteiger partial charge in [-0.1, -0.05) is 98.8 Å². The van der Waals surface area contributed by atoms with Gasteiger partial charge in [0.05, 0.1) is 66.2 Å². The molecule has 6 saturated carbocycles. The second kappa shape index (κ2) is 40.5. The van der Waals surface area contributed by atoms with Crippen molar-refractivity contribution in [3.8, 4) is 0 Å². The minimum atomic E-state index is -5.08. The number of nitrogens with zero attached hydrogens (tertiary/aromatic N) is 2. The van der Waals surface area contributed by atoms with Gasteiger partial charge in [0.25, 0.3) is 0 Å². The topological polar surface area (TPSA) is 501 Å². The standard InChI is InChI=1S/C53H64F2N6O10.C48H56F2N6O8.C2HF3O2/c1-28(59-47(68)40(19-34-25-56-27-57-34)61-48(69)71-49(3,4)5)45(66)58-29(2)46(67)60-33-10-8-9-31(18-33)17-30-11-13-32(14-12-30)41-23-52(43(65)26-62)44(70-41)22-36-37-21-39(54)38-20-35(63)15-16-50(38,6)53(37,55)42(64)24-51(36,52)7;1-25(55-44(63)37(51)16-31-22-52-24-53-31)42(61)54-26(2)43(62)56-30-7-5-6-28(15-30)14-27-8-10-29(11-9-27)38-20-47(40(60)23-57)41(64-38)19-33-34-18-36(49)35-17-32(58)12-13-45(35,3)48(34,50)39(59)21-46(33,47)4;3-2(4,5)1(6)7/h8-16,18,20,25,27-29,36-37,39-42,44,62,64H,17,19,21-24,26H2,1-7H3,(H,56,57)(H,58,66)(H,59,68)(H,60,67)(H,61,69);5-13,15,17,22,24-26,33-34,36-39,41,57,59H,14,16,18-21,23,51H2,1-4H3,(H,52,53)(H,54,61)(H,55,63)(H,56,62);(H,6,7)/t28-,29-,36-,37-,39-,40-,41+,42-,44+,50-,51-,52-,53-;25-,26-,33-,34-,36-,37-,38+,39-,41+,45-,46-,47-,48-;/m00./s1. The van der Waals surface area contributed by atoms with Crippen LogP contribution in [0.3, 0.4) is 0 Å². The molecule has 0 bridgehead atoms. The number of rotatable bonds is 27. The number of allylic oxidation sites excluding steroid dienone is 8. The minimum Gasteiger partial charge on any atom is -0.475 e. The van der Waals surface area contributed by atoms with E-state index in [0.717, 1.165) is 45.5 Å². The molecule has 7 amide bonds. The van der Waals surface area contributed by atoms with Gasteiger partial charge in [-0.3, -0.25) is 47.9 Å². The fraction of sp³-hybridized carbons (Fsp3) is 0.515. The average Bonchev–Trinajstić information content (AvgIpc) is 1.45. The van der Waals surface area contributed by atoms with Crippen LogP contribution in [-0.4, -0.2) is 225 Å². The van der Waals surface area contributed by atoms with Crippen molar-refractivity contribution in [3.05, 3.63) is 214 Å². The number of alkyl carbamates (subject to hydrolysis) is 1. The lowest BCUT2D eigenvalue weighted by molar-refractivity contribution is -0.212. The van der Waals surface area contributed by atoms with E-state index in [1.807, 2.05) is 92.7 Å². The van der Waals surface area contributed by atoms with Crippen molar-refractivity contribution in [1.29, 1.82) is 0 Å². The van der Waals surface area contributed by atoms with Gasteiger partial charge in [-0.25, -0.2) is 37.1 Å². The number of Topliss-reactive ketones (excluding diaryl/α,β-unsaturated/α-hetero) is 2. The number of carbonyl (C=O) groups is 12. The zero-order valence-corrected chi connectivity index (χ0v) is 80.3. The molecule has 16 N–H and O–H groups in total. The van der Waals surface area contributed by atoms with Crippen LogP contribution in [0.15, 0.2) is 170 Å². The van der Waals surface area contributed by atoms with Gasteiger partial charge in [-0.15, -0.1) is 0 Å². The number of carboxylic acids is 1. The SMILES string of the molecule is C[C@H](NC(=O)[C@H](C)NC(=O)[C@@H](N)Cc1cnc[nH]1)C(=O)Nc1cccc(Cc2ccc([C@H]3C[C@]4(C(=O)CO)[C@@H](C[C@H]5[C@@H]6C[C@H](F)C7=CC(=O)C=C[C@]7(C)[C@@]6(F)[C@@H](O)C[C@@]54C)O3)cc2)c1.C[C@H](NC(=O)[C@H](C)NC(=O)[C@H](Cc1cnc[nH]1)NC(=O)OC(C)(C)C)C(=O)Nc1cccc(Cc2ccc([C@H]3C[C@]4(C(=O)CO)[C@@H](C[C@H]5[C@@H]6C[C@H](F)C7=CC(=O)C=C[C@]7(C)[C@@]6(F)[C@@H](O)C[C@@]54C)O3)cc2)c1.O=C(O)C(F)(F)F. The molecule has 2 saturated heterocycles. The van der Waals surface area contributed by atoms with Crippen molar-refractivity contribution in [1.82, 2.24) is 46.5 Å². The number of ketones is 4. The molecule has 6 aromatic rings. The van der Waals surface area contributed by atoms with Crippen molar-refractivity contribution in [3.63, 3.8) is 0 Å². The van der Waals surface area contributed by atoms with E-state index in [-0.39, 0.29) is 75.4 Å². The molecule has 0 unspecified atom stereocenters. The monoisotopic (exact) mass is 1980 g/mol. The van der Waals surface area contributed by atoms with Crippen LogP contribution in [0.25, 0.3) is 0 Å². The Kier molecular flexibility index (Phi) is 30.1. The number of imidazole rings is 2. The van der Waals surface area contributed by atoms with Gasteiger partial charge in [0, 0.05) is 70.7 Å². The van der Waals surface area contributed by atoms with Gasteiger partial charge in [0.2, 0.25) is 35.4 Å². The summed E-state index contributed by atoms with van der Waals surface area (Å²) in [6.07, 6.45) is 0.194. The number of amides is 7. The van der Waals surface area contributed by atoms with Gasteiger partial charge >= 0.3 is 18.2 Å². The number of anilines is 2. The third-order valence-corrected chi connectivity index (χ3v) is 31.5. The predicted molar refractivity (Wildman–Crippen MR) is 500 cm³/mol. The van der Waals surface area contributed by atoms with Gasteiger partial charge in [-0.05, 0) is 242 Å². The number of halogens is 7. The number of nitrogens with two attached hydrogens (primary N) is 1. The van der Waals surface area contributed by atoms with Crippen LogP contribution < -0.4 is 43.0 Å². The van der Waals surface area contributed by atoms with Crippen LogP contribution in [0.1, 0.15) is 185 Å². The Morgan fingerprint density at radius 2 is 0.901 bits per heavy atom. The highest BCUT2D eigenvalue weighted by molar-refractivity contribution is 6.03. The Hall–Kier alpha value is -12.3. The lowest BCUT2D eigenvalue weighted by Crippen LogP contribution is -2.69. The maximum absolute atomic E-state index is 17.8. The first-order chi connectivity index (χ1) is 66.7. The maximum atomic E-state index is 17.8. The molecule has 16 rings (SSSR count). The number of benzene rings is 4. The van der Waals surface area contributed by atoms with Crippen molar-refractivity contribution < 1.29 is 128 Å². The average molecular weight is 1980 g/mol. The number of aliphatic hydroxyl groups excluding tert-OH is 4. The molecule has 39 heteroatoms. The molecular weight excluding hydrogens is 1860 g/mol. The second-order valence-electron chi connectivity index (χ2n) is 41.2. The van der Waals surface area contributed by atoms with E-state index in [9.17, 15) is 86.3 Å². The number of carbonyl (C=O) groups excluding carboxylic acids is 11. The van der Waals surface area contributed by atoms with Crippen molar-refractivity contribution in [2.24, 2.45) is 61.9 Å². The summed E-state index contributed by atoms with van der Waals surface area (Å²) in [7, 11) is 0. The summed E-state index contributed by atoms with van der Waals surface area (Å²) in [6.45, 7) is 16.4. The number of nitrogens with one attached hydrogen (secondary N) is 9. The second-order valence-corrected chi connectivity index (χ2v) is 41.2. The first-order valence-corrected chi connectivity index (χ1v) is 47.4. The molecule has 2 aliphatic heterocycles. The summed E-state index contributed by atoms with van der Waals surface area (Å²) in [6, 6.07) is 24.0. The molecule has 762 valence electrons. The Bertz CT molecular complexity index is 5960. The van der Waals surface area contributed by atoms with E-state index in [1.165, 1.54) is 70.9 Å². The van der Waals surface area contributed by atoms with E-state index >= 15 is 17.6 Å². The highest BCUT2D eigenvalue weighted by atomic mass is 19.4. The van der Waals surface area contributed by atoms with E-state index in [0.29, 0.717) is 35.6 Å². The molecule has 10 aliphatic rings. The normalized spacial score (nSPS) is 31.8. The summed E-state index contributed by atoms with van der Waals surface area (Å²) in [5.41, 5.74) is 0.444. The largest absolute Gasteiger partial charge is 0.490 e. The fourth-order valence-electron chi connectivity index (χ4n) is 24.4. The number of aliphatic carboxylic acids is 1. The zero-order chi connectivity index (χ0) is 103. The lowest BCUT2D eigenvalue weighted by Gasteiger charge is -2.63. The molecule has 4 aromatic carbocycles. The van der Waals surface area contributed by atoms with Crippen LogP contribution >= 0.6 is 0 Å².